The van der Waals surface area contributed by atoms with Crippen LogP contribution in [0.5, 0.6) is 5.75 Å². The number of aromatic nitrogens is 3. The molecule has 2 aromatic carbocycles. The number of nitrogens with zero attached hydrogens (tertiary/aromatic N) is 5. The van der Waals surface area contributed by atoms with Crippen LogP contribution < -0.4 is 10.6 Å². The van der Waals surface area contributed by atoms with E-state index in [9.17, 15) is 14.3 Å². The molecule has 0 aliphatic carbocycles. The van der Waals surface area contributed by atoms with Gasteiger partial charge in [-0.05, 0) is 47.5 Å². The highest BCUT2D eigenvalue weighted by Gasteiger charge is 2.20. The van der Waals surface area contributed by atoms with Crippen LogP contribution in [0.2, 0.25) is 5.02 Å². The number of ether oxygens (including phenoxy) is 1. The van der Waals surface area contributed by atoms with Gasteiger partial charge in [-0.2, -0.15) is 0 Å². The number of anilines is 1. The molecule has 1 N–H and O–H groups in total. The van der Waals surface area contributed by atoms with Crippen LogP contribution in [-0.2, 0) is 11.8 Å². The number of imidazole rings is 1. The minimum absolute atomic E-state index is 0.0615. The van der Waals surface area contributed by atoms with Gasteiger partial charge in [0.25, 0.3) is 0 Å². The summed E-state index contributed by atoms with van der Waals surface area (Å²) < 4.78 is 22.9. The summed E-state index contributed by atoms with van der Waals surface area (Å²) in [6, 6.07) is 11.2. The number of hydrogen-bond donors (Lipinski definition) is 1. The molecule has 2 aromatic heterocycles. The van der Waals surface area contributed by atoms with E-state index in [1.54, 1.807) is 57.0 Å². The van der Waals surface area contributed by atoms with Crippen LogP contribution in [0.15, 0.2) is 65.8 Å². The Balaban J connectivity index is 1.44. The summed E-state index contributed by atoms with van der Waals surface area (Å²) in [6.07, 6.45) is 4.94. The zero-order valence-corrected chi connectivity index (χ0v) is 22.0. The number of hydrogen-bond acceptors (Lipinski definition) is 6. The summed E-state index contributed by atoms with van der Waals surface area (Å²) in [5, 5.41) is 11.5. The zero-order valence-electron chi connectivity index (χ0n) is 21.3. The Kier molecular flexibility index (Phi) is 7.51. The van der Waals surface area contributed by atoms with Crippen molar-refractivity contribution < 1.29 is 14.2 Å². The molecule has 3 heterocycles. The fourth-order valence-electron chi connectivity index (χ4n) is 4.74. The second-order valence-electron chi connectivity index (χ2n) is 9.30. The summed E-state index contributed by atoms with van der Waals surface area (Å²) in [7, 11) is 3.36. The number of benzene rings is 2. The van der Waals surface area contributed by atoms with Crippen LogP contribution in [0.25, 0.3) is 27.9 Å². The average molecular weight is 538 g/mol. The van der Waals surface area contributed by atoms with Crippen molar-refractivity contribution in [1.82, 2.24) is 19.0 Å². The molecule has 38 heavy (non-hydrogen) atoms. The fourth-order valence-corrected chi connectivity index (χ4v) is 5.01. The van der Waals surface area contributed by atoms with Crippen molar-refractivity contribution in [2.45, 2.75) is 0 Å². The summed E-state index contributed by atoms with van der Waals surface area (Å²) in [5.74, 6) is 0.228. The Hall–Kier alpha value is -3.66. The first kappa shape index (κ1) is 26.0. The van der Waals surface area contributed by atoms with Crippen LogP contribution >= 0.6 is 11.6 Å². The molecule has 198 valence electrons. The molecule has 4 aromatic rings. The van der Waals surface area contributed by atoms with E-state index in [0.29, 0.717) is 39.6 Å². The molecule has 0 saturated carbocycles. The molecule has 5 rings (SSSR count). The standard InChI is InChI=1S/C28H29ClFN5O3/c1-32-7-12-35(28(32)37)25-4-3-19(15-24(25)29)22-17-21(30)18-23(27(22)36)20-5-6-31-26(16-20)34-10-8-33(9-11-34)13-14-38-2/h3-7,12,15-18,36H,8-11,13-14H2,1-2H3. The van der Waals surface area contributed by atoms with Crippen molar-refractivity contribution in [3.8, 4) is 33.7 Å². The largest absolute Gasteiger partial charge is 0.507 e. The molecule has 0 radical (unpaired) electrons. The predicted molar refractivity (Wildman–Crippen MR) is 147 cm³/mol. The van der Waals surface area contributed by atoms with Gasteiger partial charge < -0.3 is 19.3 Å². The lowest BCUT2D eigenvalue weighted by Crippen LogP contribution is -2.47. The normalized spacial score (nSPS) is 14.3. The Morgan fingerprint density at radius 3 is 2.37 bits per heavy atom. The van der Waals surface area contributed by atoms with Crippen molar-refractivity contribution >= 4 is 17.4 Å². The van der Waals surface area contributed by atoms with Crippen LogP contribution in [0.1, 0.15) is 0 Å². The number of phenols is 1. The molecule has 10 heteroatoms. The lowest BCUT2D eigenvalue weighted by atomic mass is 9.97. The van der Waals surface area contributed by atoms with Crippen LogP contribution in [0.3, 0.4) is 0 Å². The third-order valence-corrected chi connectivity index (χ3v) is 7.21. The Labute approximate surface area is 225 Å². The third kappa shape index (κ3) is 5.18. The average Bonchev–Trinajstić information content (AvgIpc) is 3.26. The van der Waals surface area contributed by atoms with Gasteiger partial charge in [0.2, 0.25) is 0 Å². The molecule has 0 atom stereocenters. The number of piperazine rings is 1. The summed E-state index contributed by atoms with van der Waals surface area (Å²) in [6.45, 7) is 5.03. The number of aromatic hydroxyl groups is 1. The monoisotopic (exact) mass is 537 g/mol. The van der Waals surface area contributed by atoms with Crippen LogP contribution in [-0.4, -0.2) is 70.6 Å². The van der Waals surface area contributed by atoms with Gasteiger partial charge >= 0.3 is 5.69 Å². The second-order valence-corrected chi connectivity index (χ2v) is 9.71. The van der Waals surface area contributed by atoms with Gasteiger partial charge in [0.15, 0.2) is 0 Å². The van der Waals surface area contributed by atoms with Gasteiger partial charge in [0.05, 0.1) is 17.3 Å². The maximum atomic E-state index is 14.8. The first-order valence-corrected chi connectivity index (χ1v) is 12.7. The van der Waals surface area contributed by atoms with E-state index in [-0.39, 0.29) is 11.4 Å². The van der Waals surface area contributed by atoms with E-state index in [1.165, 1.54) is 21.3 Å². The number of methoxy groups -OCH3 is 1. The number of aryl methyl sites for hydroxylation is 1. The molecule has 8 nitrogen and oxygen atoms in total. The molecule has 0 bridgehead atoms. The van der Waals surface area contributed by atoms with Crippen molar-refractivity contribution in [2.24, 2.45) is 7.05 Å². The first-order valence-electron chi connectivity index (χ1n) is 12.3. The van der Waals surface area contributed by atoms with Gasteiger partial charge in [-0.1, -0.05) is 17.7 Å². The van der Waals surface area contributed by atoms with Gasteiger partial charge in [-0.15, -0.1) is 0 Å². The second kappa shape index (κ2) is 11.0. The predicted octanol–water partition coefficient (Wildman–Crippen LogP) is 4.17. The number of phenolic OH excluding ortho intramolecular Hbond substituents is 1. The SMILES string of the molecule is COCCN1CCN(c2cc(-c3cc(F)cc(-c4ccc(-n5ccn(C)c5=O)c(Cl)c4)c3O)ccn2)CC1. The summed E-state index contributed by atoms with van der Waals surface area (Å²) in [4.78, 5) is 21.4. The molecule has 1 aliphatic heterocycles. The lowest BCUT2D eigenvalue weighted by molar-refractivity contribution is 0.144. The van der Waals surface area contributed by atoms with E-state index < -0.39 is 5.82 Å². The van der Waals surface area contributed by atoms with E-state index in [1.807, 2.05) is 6.07 Å². The van der Waals surface area contributed by atoms with E-state index in [4.69, 9.17) is 16.3 Å². The minimum Gasteiger partial charge on any atom is -0.507 e. The molecule has 0 amide bonds. The maximum Gasteiger partial charge on any atom is 0.332 e. The van der Waals surface area contributed by atoms with Gasteiger partial charge in [0.1, 0.15) is 17.4 Å². The highest BCUT2D eigenvalue weighted by atomic mass is 35.5. The third-order valence-electron chi connectivity index (χ3n) is 6.90. The van der Waals surface area contributed by atoms with Crippen molar-refractivity contribution in [1.29, 1.82) is 0 Å². The topological polar surface area (TPSA) is 75.8 Å². The fraction of sp³-hybridized carbons (Fsp3) is 0.286. The first-order chi connectivity index (χ1) is 18.4. The zero-order chi connectivity index (χ0) is 26.8. The van der Waals surface area contributed by atoms with Crippen molar-refractivity contribution in [3.63, 3.8) is 0 Å². The Morgan fingerprint density at radius 2 is 1.74 bits per heavy atom. The van der Waals surface area contributed by atoms with Crippen molar-refractivity contribution in [3.05, 3.63) is 82.4 Å². The smallest absolute Gasteiger partial charge is 0.332 e. The summed E-state index contributed by atoms with van der Waals surface area (Å²) in [5.41, 5.74) is 2.12. The Morgan fingerprint density at radius 1 is 1.03 bits per heavy atom. The van der Waals surface area contributed by atoms with E-state index >= 15 is 0 Å². The van der Waals surface area contributed by atoms with Gasteiger partial charge in [-0.25, -0.2) is 14.2 Å². The number of pyridine rings is 1. The Bertz CT molecular complexity index is 1510. The number of rotatable bonds is 7. The molecular formula is C28H29ClFN5O3. The van der Waals surface area contributed by atoms with Gasteiger partial charge in [-0.3, -0.25) is 9.47 Å². The lowest BCUT2D eigenvalue weighted by Gasteiger charge is -2.35. The van der Waals surface area contributed by atoms with E-state index in [2.05, 4.69) is 14.8 Å². The highest BCUT2D eigenvalue weighted by molar-refractivity contribution is 6.32. The molecule has 0 spiro atoms. The maximum absolute atomic E-state index is 14.8. The quantitative estimate of drug-likeness (QED) is 0.381. The van der Waals surface area contributed by atoms with Crippen LogP contribution in [0, 0.1) is 5.82 Å². The summed E-state index contributed by atoms with van der Waals surface area (Å²) >= 11 is 6.52. The van der Waals surface area contributed by atoms with Crippen LogP contribution in [0.4, 0.5) is 10.2 Å². The number of halogens is 2. The molecule has 0 unspecified atom stereocenters. The molecular weight excluding hydrogens is 509 g/mol. The molecule has 1 fully saturated rings. The molecule has 1 saturated heterocycles. The highest BCUT2D eigenvalue weighted by Crippen LogP contribution is 2.40. The van der Waals surface area contributed by atoms with Gasteiger partial charge in [0, 0.05) is 76.6 Å². The minimum atomic E-state index is -0.489. The molecule has 1 aliphatic rings. The van der Waals surface area contributed by atoms with E-state index in [0.717, 1.165) is 38.5 Å². The van der Waals surface area contributed by atoms with Crippen molar-refractivity contribution in [2.75, 3.05) is 51.3 Å².